The Morgan fingerprint density at radius 2 is 1.59 bits per heavy atom. The number of nitrogens with two attached hydrogens (primary N) is 1. The van der Waals surface area contributed by atoms with Crippen LogP contribution >= 0.6 is 0 Å². The summed E-state index contributed by atoms with van der Waals surface area (Å²) >= 11 is 0. The van der Waals surface area contributed by atoms with Crippen LogP contribution in [0.3, 0.4) is 0 Å². The molecule has 1 fully saturated rings. The second-order valence-electron chi connectivity index (χ2n) is 11.6. The van der Waals surface area contributed by atoms with Gasteiger partial charge >= 0.3 is 0 Å². The fourth-order valence-corrected chi connectivity index (χ4v) is 5.08. The maximum absolute atomic E-state index is 11.2. The van der Waals surface area contributed by atoms with E-state index in [9.17, 15) is 4.79 Å². The van der Waals surface area contributed by atoms with Crippen molar-refractivity contribution in [2.45, 2.75) is 109 Å². The van der Waals surface area contributed by atoms with Gasteiger partial charge in [0.2, 0.25) is 5.91 Å². The summed E-state index contributed by atoms with van der Waals surface area (Å²) in [7, 11) is -3.98. The molecule has 0 saturated carbocycles. The smallest absolute Gasteiger partial charge is 0.219 e. The van der Waals surface area contributed by atoms with Gasteiger partial charge < -0.3 is 24.1 Å². The van der Waals surface area contributed by atoms with E-state index >= 15 is 0 Å². The minimum atomic E-state index is -2.07. The zero-order valence-electron chi connectivity index (χ0n) is 20.6. The zero-order chi connectivity index (χ0) is 22.9. The molecule has 2 N–H and O–H groups in total. The lowest BCUT2D eigenvalue weighted by atomic mass is 9.99. The molecule has 1 aliphatic rings. The summed E-state index contributed by atoms with van der Waals surface area (Å²) < 4.78 is 25.6. The Hall–Kier alpha value is -0.256. The van der Waals surface area contributed by atoms with E-state index in [0.29, 0.717) is 13.2 Å². The van der Waals surface area contributed by atoms with Crippen molar-refractivity contribution in [1.29, 1.82) is 0 Å². The number of carbonyl (C=O) groups excluding carboxylic acids is 1. The van der Waals surface area contributed by atoms with Gasteiger partial charge in [-0.2, -0.15) is 0 Å². The van der Waals surface area contributed by atoms with Gasteiger partial charge in [-0.3, -0.25) is 4.79 Å². The van der Waals surface area contributed by atoms with E-state index in [0.717, 1.165) is 0 Å². The highest BCUT2D eigenvalue weighted by atomic mass is 28.4. The Bertz CT molecular complexity index is 568. The van der Waals surface area contributed by atoms with E-state index in [-0.39, 0.29) is 41.2 Å². The molecule has 0 radical (unpaired) electrons. The number of rotatable bonds is 9. The van der Waals surface area contributed by atoms with Crippen molar-refractivity contribution in [3.05, 3.63) is 0 Å². The van der Waals surface area contributed by atoms with Crippen LogP contribution in [-0.2, 0) is 23.1 Å². The van der Waals surface area contributed by atoms with E-state index in [1.54, 1.807) is 0 Å². The number of carbonyl (C=O) groups is 1. The molecule has 1 amide bonds. The Balaban J connectivity index is 3.03. The third-order valence-electron chi connectivity index (χ3n) is 6.95. The molecule has 0 aromatic heterocycles. The lowest BCUT2D eigenvalue weighted by Crippen LogP contribution is -2.55. The molecular weight excluding hydrogens is 402 g/mol. The lowest BCUT2D eigenvalue weighted by molar-refractivity contribution is -0.123. The molecule has 1 rings (SSSR count). The first-order valence-corrected chi connectivity index (χ1v) is 16.5. The van der Waals surface area contributed by atoms with Crippen molar-refractivity contribution < 1.29 is 23.1 Å². The third-order valence-corrected chi connectivity index (χ3v) is 15.9. The van der Waals surface area contributed by atoms with Gasteiger partial charge in [0, 0.05) is 6.42 Å². The molecule has 1 heterocycles. The Morgan fingerprint density at radius 3 is 2.03 bits per heavy atom. The summed E-state index contributed by atoms with van der Waals surface area (Å²) in [6.07, 6.45) is -0.258. The minimum Gasteiger partial charge on any atom is -0.414 e. The standard InChI is InChI=1S/C21H45NO5Si2/c1-19(2,3)28(8,9)26-14-16-18(27-29(10,11)20(4,5)6)21(7,15-24-16)25-13-12-17(22)23/h16,18H,12-15H2,1-11H3,(H2,22,23). The van der Waals surface area contributed by atoms with Crippen LogP contribution in [0.4, 0.5) is 0 Å². The fourth-order valence-electron chi connectivity index (χ4n) is 2.68. The Labute approximate surface area is 180 Å². The largest absolute Gasteiger partial charge is 0.414 e. The number of hydrogen-bond acceptors (Lipinski definition) is 5. The first-order valence-electron chi connectivity index (χ1n) is 10.7. The van der Waals surface area contributed by atoms with Crippen LogP contribution < -0.4 is 5.73 Å². The number of primary amides is 1. The Kier molecular flexibility index (Phi) is 8.39. The highest BCUT2D eigenvalue weighted by Gasteiger charge is 2.53. The van der Waals surface area contributed by atoms with Gasteiger partial charge in [0.15, 0.2) is 16.6 Å². The predicted octanol–water partition coefficient (Wildman–Crippen LogP) is 4.45. The van der Waals surface area contributed by atoms with Crippen LogP contribution in [0.15, 0.2) is 0 Å². The molecule has 1 aliphatic heterocycles. The highest BCUT2D eigenvalue weighted by molar-refractivity contribution is 6.74. The Morgan fingerprint density at radius 1 is 1.07 bits per heavy atom. The average Bonchev–Trinajstić information content (AvgIpc) is 2.79. The number of hydrogen-bond donors (Lipinski definition) is 1. The highest BCUT2D eigenvalue weighted by Crippen LogP contribution is 2.42. The van der Waals surface area contributed by atoms with Gasteiger partial charge in [-0.25, -0.2) is 0 Å². The van der Waals surface area contributed by atoms with Crippen LogP contribution in [0.5, 0.6) is 0 Å². The second-order valence-corrected chi connectivity index (χ2v) is 21.2. The molecule has 0 aromatic rings. The lowest BCUT2D eigenvalue weighted by Gasteiger charge is -2.43. The van der Waals surface area contributed by atoms with Crippen LogP contribution in [0.25, 0.3) is 0 Å². The maximum atomic E-state index is 11.2. The summed E-state index contributed by atoms with van der Waals surface area (Å²) in [6, 6.07) is 0. The van der Waals surface area contributed by atoms with E-state index in [2.05, 4.69) is 67.7 Å². The van der Waals surface area contributed by atoms with Crippen molar-refractivity contribution in [1.82, 2.24) is 0 Å². The fraction of sp³-hybridized carbons (Fsp3) is 0.952. The van der Waals surface area contributed by atoms with E-state index in [1.807, 2.05) is 6.92 Å². The zero-order valence-corrected chi connectivity index (χ0v) is 22.6. The van der Waals surface area contributed by atoms with Gasteiger partial charge in [0.05, 0.1) is 19.8 Å². The number of ether oxygens (including phenoxy) is 2. The molecule has 172 valence electrons. The molecule has 0 spiro atoms. The van der Waals surface area contributed by atoms with E-state index in [4.69, 9.17) is 24.1 Å². The number of amides is 1. The molecule has 1 saturated heterocycles. The summed E-state index contributed by atoms with van der Waals surface area (Å²) in [5, 5.41) is 0.192. The first-order chi connectivity index (χ1) is 12.8. The SMILES string of the molecule is CC1(OCCC(N)=O)COC(CO[Si](C)(C)C(C)(C)C)C1O[Si](C)(C)C(C)(C)C. The van der Waals surface area contributed by atoms with Crippen molar-refractivity contribution in [2.24, 2.45) is 5.73 Å². The molecule has 0 aromatic carbocycles. The minimum absolute atomic E-state index is 0.0640. The van der Waals surface area contributed by atoms with Gasteiger partial charge in [-0.1, -0.05) is 41.5 Å². The quantitative estimate of drug-likeness (QED) is 0.528. The molecule has 0 bridgehead atoms. The first kappa shape index (κ1) is 26.8. The van der Waals surface area contributed by atoms with Crippen LogP contribution in [-0.4, -0.2) is 60.2 Å². The van der Waals surface area contributed by atoms with Crippen molar-refractivity contribution >= 4 is 22.5 Å². The molecule has 29 heavy (non-hydrogen) atoms. The van der Waals surface area contributed by atoms with Crippen molar-refractivity contribution in [2.75, 3.05) is 19.8 Å². The van der Waals surface area contributed by atoms with Crippen molar-refractivity contribution in [3.8, 4) is 0 Å². The topological polar surface area (TPSA) is 80.0 Å². The molecule has 0 aliphatic carbocycles. The van der Waals surface area contributed by atoms with Gasteiger partial charge in [0.25, 0.3) is 0 Å². The van der Waals surface area contributed by atoms with Crippen LogP contribution in [0, 0.1) is 0 Å². The van der Waals surface area contributed by atoms with Crippen molar-refractivity contribution in [3.63, 3.8) is 0 Å². The van der Waals surface area contributed by atoms with Crippen LogP contribution in [0.1, 0.15) is 54.9 Å². The molecule has 6 nitrogen and oxygen atoms in total. The summed E-state index contributed by atoms with van der Waals surface area (Å²) in [6.45, 7) is 25.5. The summed E-state index contributed by atoms with van der Waals surface area (Å²) in [4.78, 5) is 11.2. The molecule has 3 unspecified atom stereocenters. The maximum Gasteiger partial charge on any atom is 0.219 e. The third kappa shape index (κ3) is 6.87. The van der Waals surface area contributed by atoms with Gasteiger partial charge in [0.1, 0.15) is 17.8 Å². The summed E-state index contributed by atoms with van der Waals surface area (Å²) in [5.41, 5.74) is 4.65. The monoisotopic (exact) mass is 447 g/mol. The second kappa shape index (κ2) is 9.08. The molecule has 8 heteroatoms. The van der Waals surface area contributed by atoms with Crippen LogP contribution in [0.2, 0.25) is 36.3 Å². The average molecular weight is 448 g/mol. The summed E-state index contributed by atoms with van der Waals surface area (Å²) in [5.74, 6) is -0.368. The van der Waals surface area contributed by atoms with Gasteiger partial charge in [-0.05, 0) is 43.2 Å². The van der Waals surface area contributed by atoms with Gasteiger partial charge in [-0.15, -0.1) is 0 Å². The van der Waals surface area contributed by atoms with E-state index in [1.165, 1.54) is 0 Å². The predicted molar refractivity (Wildman–Crippen MR) is 123 cm³/mol. The van der Waals surface area contributed by atoms with E-state index < -0.39 is 22.2 Å². The molecule has 3 atom stereocenters. The normalized spacial score (nSPS) is 26.7. The molecular formula is C21H45NO5Si2.